The van der Waals surface area contributed by atoms with Crippen molar-refractivity contribution in [2.24, 2.45) is 5.10 Å². The van der Waals surface area contributed by atoms with E-state index in [0.717, 1.165) is 10.8 Å². The van der Waals surface area contributed by atoms with Gasteiger partial charge in [0, 0.05) is 16.7 Å². The molecular formula is C21H17ClN2O5. The third-order valence-corrected chi connectivity index (χ3v) is 4.65. The molecular weight excluding hydrogens is 396 g/mol. The SMILES string of the molecule is COc1cc(Cl)cc(C=NNC(=O)C2COc3cc4ccccc4cc3O2)c1O. The Morgan fingerprint density at radius 2 is 1.97 bits per heavy atom. The summed E-state index contributed by atoms with van der Waals surface area (Å²) in [7, 11) is 1.41. The molecule has 0 aliphatic carbocycles. The van der Waals surface area contributed by atoms with E-state index in [-0.39, 0.29) is 18.1 Å². The average molecular weight is 413 g/mol. The van der Waals surface area contributed by atoms with Crippen LogP contribution in [0.1, 0.15) is 5.56 Å². The Bertz CT molecular complexity index is 1120. The van der Waals surface area contributed by atoms with E-state index in [2.05, 4.69) is 10.5 Å². The topological polar surface area (TPSA) is 89.4 Å². The molecule has 1 amide bonds. The van der Waals surface area contributed by atoms with Crippen molar-refractivity contribution >= 4 is 34.5 Å². The van der Waals surface area contributed by atoms with E-state index < -0.39 is 12.0 Å². The van der Waals surface area contributed by atoms with E-state index in [9.17, 15) is 9.90 Å². The second kappa shape index (κ2) is 7.89. The van der Waals surface area contributed by atoms with Crippen LogP contribution in [0.25, 0.3) is 10.8 Å². The van der Waals surface area contributed by atoms with Crippen LogP contribution in [0.2, 0.25) is 5.02 Å². The number of benzene rings is 3. The van der Waals surface area contributed by atoms with Crippen LogP contribution in [0.5, 0.6) is 23.0 Å². The van der Waals surface area contributed by atoms with Crippen molar-refractivity contribution < 1.29 is 24.1 Å². The lowest BCUT2D eigenvalue weighted by Gasteiger charge is -2.25. The maximum absolute atomic E-state index is 12.4. The Hall–Kier alpha value is -3.45. The number of ether oxygens (including phenoxy) is 3. The largest absolute Gasteiger partial charge is 0.504 e. The monoisotopic (exact) mass is 412 g/mol. The first-order chi connectivity index (χ1) is 14.0. The molecule has 0 spiro atoms. The van der Waals surface area contributed by atoms with Gasteiger partial charge in [-0.1, -0.05) is 35.9 Å². The number of rotatable bonds is 4. The Morgan fingerprint density at radius 3 is 2.69 bits per heavy atom. The number of phenols is 1. The van der Waals surface area contributed by atoms with Crippen molar-refractivity contribution in [1.82, 2.24) is 5.43 Å². The van der Waals surface area contributed by atoms with Crippen LogP contribution in [-0.2, 0) is 4.79 Å². The maximum Gasteiger partial charge on any atom is 0.284 e. The summed E-state index contributed by atoms with van der Waals surface area (Å²) >= 11 is 5.98. The average Bonchev–Trinajstić information content (AvgIpc) is 2.73. The van der Waals surface area contributed by atoms with Gasteiger partial charge < -0.3 is 19.3 Å². The van der Waals surface area contributed by atoms with Crippen LogP contribution in [0.4, 0.5) is 0 Å². The van der Waals surface area contributed by atoms with E-state index in [4.69, 9.17) is 25.8 Å². The van der Waals surface area contributed by atoms with Crippen molar-refractivity contribution in [3.8, 4) is 23.0 Å². The number of hydrazone groups is 1. The Labute approximate surface area is 171 Å². The number of nitrogens with one attached hydrogen (secondary N) is 1. The predicted molar refractivity (Wildman–Crippen MR) is 109 cm³/mol. The number of carbonyl (C=O) groups excluding carboxylic acids is 1. The second-order valence-electron chi connectivity index (χ2n) is 6.34. The zero-order valence-corrected chi connectivity index (χ0v) is 16.1. The number of hydrogen-bond acceptors (Lipinski definition) is 6. The molecule has 148 valence electrons. The van der Waals surface area contributed by atoms with E-state index in [1.807, 2.05) is 36.4 Å². The number of hydrogen-bond donors (Lipinski definition) is 2. The first kappa shape index (κ1) is 18.9. The van der Waals surface area contributed by atoms with E-state index >= 15 is 0 Å². The normalized spacial score (nSPS) is 15.4. The fourth-order valence-electron chi connectivity index (χ4n) is 2.97. The molecule has 1 heterocycles. The van der Waals surface area contributed by atoms with Crippen molar-refractivity contribution in [2.45, 2.75) is 6.10 Å². The smallest absolute Gasteiger partial charge is 0.284 e. The minimum absolute atomic E-state index is 0.0585. The quantitative estimate of drug-likeness (QED) is 0.505. The molecule has 1 aliphatic heterocycles. The van der Waals surface area contributed by atoms with Crippen molar-refractivity contribution in [1.29, 1.82) is 0 Å². The molecule has 0 saturated heterocycles. The zero-order chi connectivity index (χ0) is 20.4. The summed E-state index contributed by atoms with van der Waals surface area (Å²) in [5, 5.41) is 16.3. The molecule has 7 nitrogen and oxygen atoms in total. The minimum Gasteiger partial charge on any atom is -0.504 e. The van der Waals surface area contributed by atoms with Crippen LogP contribution >= 0.6 is 11.6 Å². The molecule has 2 N–H and O–H groups in total. The van der Waals surface area contributed by atoms with Gasteiger partial charge >= 0.3 is 0 Å². The summed E-state index contributed by atoms with van der Waals surface area (Å²) in [4.78, 5) is 12.4. The number of aromatic hydroxyl groups is 1. The lowest BCUT2D eigenvalue weighted by molar-refractivity contribution is -0.130. The summed E-state index contributed by atoms with van der Waals surface area (Å²) in [6.45, 7) is 0.0585. The number of methoxy groups -OCH3 is 1. The summed E-state index contributed by atoms with van der Waals surface area (Å²) in [6, 6.07) is 14.5. The van der Waals surface area contributed by atoms with Gasteiger partial charge in [-0.2, -0.15) is 5.10 Å². The van der Waals surface area contributed by atoms with Gasteiger partial charge in [-0.3, -0.25) is 4.79 Å². The van der Waals surface area contributed by atoms with Crippen molar-refractivity contribution in [2.75, 3.05) is 13.7 Å². The fourth-order valence-corrected chi connectivity index (χ4v) is 3.19. The van der Waals surface area contributed by atoms with Crippen LogP contribution < -0.4 is 19.6 Å². The fraction of sp³-hybridized carbons (Fsp3) is 0.143. The maximum atomic E-state index is 12.4. The molecule has 4 rings (SSSR count). The molecule has 8 heteroatoms. The summed E-state index contributed by atoms with van der Waals surface area (Å²) in [5.41, 5.74) is 2.68. The lowest BCUT2D eigenvalue weighted by atomic mass is 10.1. The molecule has 3 aromatic rings. The molecule has 0 radical (unpaired) electrons. The molecule has 0 saturated carbocycles. The van der Waals surface area contributed by atoms with Gasteiger partial charge in [0.2, 0.25) is 6.10 Å². The highest BCUT2D eigenvalue weighted by Crippen LogP contribution is 2.36. The molecule has 29 heavy (non-hydrogen) atoms. The lowest BCUT2D eigenvalue weighted by Crippen LogP contribution is -2.42. The van der Waals surface area contributed by atoms with Crippen LogP contribution in [0.3, 0.4) is 0 Å². The molecule has 0 fully saturated rings. The van der Waals surface area contributed by atoms with E-state index in [0.29, 0.717) is 22.1 Å². The highest BCUT2D eigenvalue weighted by atomic mass is 35.5. The number of nitrogens with zero attached hydrogens (tertiary/aromatic N) is 1. The van der Waals surface area contributed by atoms with Gasteiger partial charge in [0.05, 0.1) is 13.3 Å². The number of halogens is 1. The molecule has 1 unspecified atom stereocenters. The van der Waals surface area contributed by atoms with Crippen LogP contribution in [0.15, 0.2) is 53.6 Å². The zero-order valence-electron chi connectivity index (χ0n) is 15.4. The number of phenolic OH excluding ortho intramolecular Hbond substituents is 1. The highest BCUT2D eigenvalue weighted by Gasteiger charge is 2.27. The second-order valence-corrected chi connectivity index (χ2v) is 6.78. The van der Waals surface area contributed by atoms with Crippen molar-refractivity contribution in [3.05, 3.63) is 59.1 Å². The van der Waals surface area contributed by atoms with Crippen molar-refractivity contribution in [3.63, 3.8) is 0 Å². The number of carbonyl (C=O) groups is 1. The first-order valence-electron chi connectivity index (χ1n) is 8.77. The summed E-state index contributed by atoms with van der Waals surface area (Å²) < 4.78 is 16.5. The molecule has 0 bridgehead atoms. The third-order valence-electron chi connectivity index (χ3n) is 4.43. The number of fused-ring (bicyclic) bond motifs is 2. The Kier molecular flexibility index (Phi) is 5.14. The van der Waals surface area contributed by atoms with Gasteiger partial charge in [0.25, 0.3) is 5.91 Å². The predicted octanol–water partition coefficient (Wildman–Crippen LogP) is 3.50. The first-order valence-corrected chi connectivity index (χ1v) is 9.14. The van der Waals surface area contributed by atoms with E-state index in [1.54, 1.807) is 0 Å². The summed E-state index contributed by atoms with van der Waals surface area (Å²) in [6.07, 6.45) is 0.413. The molecule has 3 aromatic carbocycles. The van der Waals surface area contributed by atoms with Gasteiger partial charge in [-0.05, 0) is 29.0 Å². The Balaban J connectivity index is 1.46. The van der Waals surface area contributed by atoms with Gasteiger partial charge in [0.15, 0.2) is 23.0 Å². The van der Waals surface area contributed by atoms with Crippen LogP contribution in [0, 0.1) is 0 Å². The van der Waals surface area contributed by atoms with Gasteiger partial charge in [-0.15, -0.1) is 0 Å². The molecule has 0 aromatic heterocycles. The number of amides is 1. The van der Waals surface area contributed by atoms with Gasteiger partial charge in [0.1, 0.15) is 6.61 Å². The van der Waals surface area contributed by atoms with Crippen LogP contribution in [-0.4, -0.2) is 37.0 Å². The minimum atomic E-state index is -0.858. The third kappa shape index (κ3) is 3.90. The highest BCUT2D eigenvalue weighted by molar-refractivity contribution is 6.31. The van der Waals surface area contributed by atoms with E-state index in [1.165, 1.54) is 25.5 Å². The summed E-state index contributed by atoms with van der Waals surface area (Å²) in [5.74, 6) is 0.683. The molecule has 1 atom stereocenters. The standard InChI is InChI=1S/C21H17ClN2O5/c1-27-18-9-15(22)6-14(20(18)25)10-23-24-21(26)19-11-28-16-7-12-4-2-3-5-13(12)8-17(16)29-19/h2-10,19,25H,11H2,1H3,(H,24,26). The van der Waals surface area contributed by atoms with Gasteiger partial charge in [-0.25, -0.2) is 5.43 Å². The molecule has 1 aliphatic rings. The Morgan fingerprint density at radius 1 is 1.24 bits per heavy atom.